The van der Waals surface area contributed by atoms with Crippen molar-refractivity contribution in [2.45, 2.75) is 39.0 Å². The van der Waals surface area contributed by atoms with Crippen LogP contribution in [0.1, 0.15) is 39.0 Å². The van der Waals surface area contributed by atoms with Gasteiger partial charge in [0.2, 0.25) is 0 Å². The van der Waals surface area contributed by atoms with Crippen molar-refractivity contribution in [2.24, 2.45) is 0 Å². The molecule has 0 N–H and O–H groups in total. The highest BCUT2D eigenvalue weighted by molar-refractivity contribution is 5.73. The molecule has 0 aromatic carbocycles. The Balaban J connectivity index is 3.43. The van der Waals surface area contributed by atoms with Crippen molar-refractivity contribution in [3.63, 3.8) is 0 Å². The molecule has 0 saturated carbocycles. The lowest BCUT2D eigenvalue weighted by Gasteiger charge is -2.01. The molecule has 0 saturated heterocycles. The van der Waals surface area contributed by atoms with Crippen molar-refractivity contribution in [1.29, 1.82) is 0 Å². The van der Waals surface area contributed by atoms with Gasteiger partial charge >= 0.3 is 11.9 Å². The highest BCUT2D eigenvalue weighted by Gasteiger charge is 2.07. The van der Waals surface area contributed by atoms with E-state index in [1.807, 2.05) is 6.92 Å². The van der Waals surface area contributed by atoms with Crippen molar-refractivity contribution in [3.8, 4) is 0 Å². The molecule has 80 valence electrons. The zero-order chi connectivity index (χ0) is 10.8. The van der Waals surface area contributed by atoms with Crippen LogP contribution >= 0.6 is 0 Å². The van der Waals surface area contributed by atoms with Gasteiger partial charge in [0, 0.05) is 0 Å². The molecule has 0 fully saturated rings. The first-order valence-corrected chi connectivity index (χ1v) is 4.71. The van der Waals surface area contributed by atoms with Crippen molar-refractivity contribution in [3.05, 3.63) is 12.7 Å². The molecule has 0 aliphatic rings. The molecule has 4 heteroatoms. The normalized spacial score (nSPS) is 9.21. The summed E-state index contributed by atoms with van der Waals surface area (Å²) in [6.07, 6.45) is 4.47. The second-order valence-electron chi connectivity index (χ2n) is 2.86. The van der Waals surface area contributed by atoms with Gasteiger partial charge < -0.3 is 0 Å². The van der Waals surface area contributed by atoms with E-state index in [0.29, 0.717) is 0 Å². The van der Waals surface area contributed by atoms with Crippen molar-refractivity contribution < 1.29 is 19.4 Å². The standard InChI is InChI=1S/C10H16O4/c1-3-5-6-8-10(12)14-13-9(11)7-4-2/h4H,2-3,5-8H2,1H3. The monoisotopic (exact) mass is 200 g/mol. The first kappa shape index (κ1) is 12.7. The summed E-state index contributed by atoms with van der Waals surface area (Å²) in [6, 6.07) is 0. The summed E-state index contributed by atoms with van der Waals surface area (Å²) in [6.45, 7) is 5.38. The topological polar surface area (TPSA) is 52.6 Å². The fraction of sp³-hybridized carbons (Fsp3) is 0.600. The van der Waals surface area contributed by atoms with Crippen LogP contribution in [0.5, 0.6) is 0 Å². The average molecular weight is 200 g/mol. The van der Waals surface area contributed by atoms with Crippen molar-refractivity contribution in [1.82, 2.24) is 0 Å². The maximum absolute atomic E-state index is 10.9. The van der Waals surface area contributed by atoms with Gasteiger partial charge in [-0.15, -0.1) is 6.58 Å². The van der Waals surface area contributed by atoms with Crippen molar-refractivity contribution >= 4 is 11.9 Å². The maximum atomic E-state index is 10.9. The maximum Gasteiger partial charge on any atom is 0.359 e. The molecule has 0 bridgehead atoms. The lowest BCUT2D eigenvalue weighted by molar-refractivity contribution is -0.258. The molecule has 4 nitrogen and oxygen atoms in total. The summed E-state index contributed by atoms with van der Waals surface area (Å²) in [5.41, 5.74) is 0. The van der Waals surface area contributed by atoms with Gasteiger partial charge in [-0.25, -0.2) is 19.4 Å². The van der Waals surface area contributed by atoms with E-state index < -0.39 is 11.9 Å². The van der Waals surface area contributed by atoms with Gasteiger partial charge in [0.15, 0.2) is 0 Å². The predicted octanol–water partition coefficient (Wildman–Crippen LogP) is 2.14. The summed E-state index contributed by atoms with van der Waals surface area (Å²) >= 11 is 0. The highest BCUT2D eigenvalue weighted by Crippen LogP contribution is 2.01. The molecule has 0 rings (SSSR count). The lowest BCUT2D eigenvalue weighted by atomic mass is 10.2. The molecule has 0 radical (unpaired) electrons. The molecular weight excluding hydrogens is 184 g/mol. The third kappa shape index (κ3) is 7.34. The Bertz CT molecular complexity index is 198. The van der Waals surface area contributed by atoms with Crippen LogP contribution < -0.4 is 0 Å². The average Bonchev–Trinajstić information content (AvgIpc) is 2.16. The van der Waals surface area contributed by atoms with Crippen LogP contribution in [0.2, 0.25) is 0 Å². The van der Waals surface area contributed by atoms with E-state index in [2.05, 4.69) is 16.4 Å². The molecule has 0 unspecified atom stereocenters. The van der Waals surface area contributed by atoms with Gasteiger partial charge in [-0.3, -0.25) is 0 Å². The van der Waals surface area contributed by atoms with Gasteiger partial charge in [-0.1, -0.05) is 25.8 Å². The van der Waals surface area contributed by atoms with Gasteiger partial charge in [-0.2, -0.15) is 0 Å². The Morgan fingerprint density at radius 1 is 1.21 bits per heavy atom. The van der Waals surface area contributed by atoms with E-state index in [-0.39, 0.29) is 12.8 Å². The number of hydrogen-bond donors (Lipinski definition) is 0. The minimum Gasteiger partial charge on any atom is -0.247 e. The molecule has 0 aromatic rings. The largest absolute Gasteiger partial charge is 0.359 e. The zero-order valence-corrected chi connectivity index (χ0v) is 8.45. The Morgan fingerprint density at radius 2 is 1.86 bits per heavy atom. The summed E-state index contributed by atoms with van der Waals surface area (Å²) < 4.78 is 0. The number of rotatable bonds is 6. The van der Waals surface area contributed by atoms with Crippen LogP contribution in [-0.2, 0) is 19.4 Å². The summed E-state index contributed by atoms with van der Waals surface area (Å²) in [4.78, 5) is 30.1. The molecule has 0 amide bonds. The minimum atomic E-state index is -0.608. The zero-order valence-electron chi connectivity index (χ0n) is 8.45. The van der Waals surface area contributed by atoms with E-state index in [0.717, 1.165) is 19.3 Å². The van der Waals surface area contributed by atoms with E-state index in [1.54, 1.807) is 0 Å². The molecule has 0 spiro atoms. The number of carbonyl (C=O) groups is 2. The Morgan fingerprint density at radius 3 is 2.43 bits per heavy atom. The Kier molecular flexibility index (Phi) is 7.50. The van der Waals surface area contributed by atoms with E-state index in [1.165, 1.54) is 6.08 Å². The molecule has 14 heavy (non-hydrogen) atoms. The van der Waals surface area contributed by atoms with Crippen LogP contribution in [-0.4, -0.2) is 11.9 Å². The van der Waals surface area contributed by atoms with E-state index in [9.17, 15) is 9.59 Å². The van der Waals surface area contributed by atoms with E-state index >= 15 is 0 Å². The van der Waals surface area contributed by atoms with E-state index in [4.69, 9.17) is 0 Å². The highest BCUT2D eigenvalue weighted by atomic mass is 17.2. The van der Waals surface area contributed by atoms with Gasteiger partial charge in [0.25, 0.3) is 0 Å². The third-order valence-corrected chi connectivity index (χ3v) is 1.52. The number of unbranched alkanes of at least 4 members (excludes halogenated alkanes) is 2. The van der Waals surface area contributed by atoms with Crippen LogP contribution in [0.4, 0.5) is 0 Å². The molecule has 0 aromatic heterocycles. The van der Waals surface area contributed by atoms with Crippen molar-refractivity contribution in [2.75, 3.05) is 0 Å². The SMILES string of the molecule is C=CCC(=O)OOC(=O)CCCCC. The van der Waals surface area contributed by atoms with Crippen LogP contribution in [0.3, 0.4) is 0 Å². The van der Waals surface area contributed by atoms with Gasteiger partial charge in [-0.05, 0) is 6.42 Å². The predicted molar refractivity (Wildman–Crippen MR) is 51.1 cm³/mol. The Labute approximate surface area is 83.8 Å². The first-order valence-electron chi connectivity index (χ1n) is 4.71. The quantitative estimate of drug-likeness (QED) is 0.285. The molecule has 0 aliphatic heterocycles. The van der Waals surface area contributed by atoms with Gasteiger partial charge in [0.05, 0.1) is 12.8 Å². The van der Waals surface area contributed by atoms with Crippen LogP contribution in [0.15, 0.2) is 12.7 Å². The molecule has 0 heterocycles. The van der Waals surface area contributed by atoms with Gasteiger partial charge in [0.1, 0.15) is 0 Å². The number of hydrogen-bond acceptors (Lipinski definition) is 4. The fourth-order valence-corrected chi connectivity index (χ4v) is 0.806. The van der Waals surface area contributed by atoms with Crippen LogP contribution in [0.25, 0.3) is 0 Å². The third-order valence-electron chi connectivity index (χ3n) is 1.52. The lowest BCUT2D eigenvalue weighted by Crippen LogP contribution is -2.10. The molecule has 0 atom stereocenters. The molecule has 0 aliphatic carbocycles. The second kappa shape index (κ2) is 8.29. The van der Waals surface area contributed by atoms with Crippen LogP contribution in [0, 0.1) is 0 Å². The first-order chi connectivity index (χ1) is 6.70. The minimum absolute atomic E-state index is 0.0439. The Hall–Kier alpha value is -1.32. The summed E-state index contributed by atoms with van der Waals surface area (Å²) in [5, 5.41) is 0. The summed E-state index contributed by atoms with van der Waals surface area (Å²) in [7, 11) is 0. The second-order valence-corrected chi connectivity index (χ2v) is 2.86. The smallest absolute Gasteiger partial charge is 0.247 e. The summed E-state index contributed by atoms with van der Waals surface area (Å²) in [5.74, 6) is -1.11. The fourth-order valence-electron chi connectivity index (χ4n) is 0.806. The molecular formula is C10H16O4. The number of carbonyl (C=O) groups excluding carboxylic acids is 2.